The van der Waals surface area contributed by atoms with Crippen LogP contribution in [0.25, 0.3) is 33.2 Å². The van der Waals surface area contributed by atoms with Gasteiger partial charge in [0.2, 0.25) is 0 Å². The van der Waals surface area contributed by atoms with Gasteiger partial charge in [-0.3, -0.25) is 4.79 Å². The number of carboxylic acids is 1. The van der Waals surface area contributed by atoms with Crippen molar-refractivity contribution in [1.82, 2.24) is 15.0 Å². The summed E-state index contributed by atoms with van der Waals surface area (Å²) in [5.74, 6) is -1.33. The van der Waals surface area contributed by atoms with Crippen LogP contribution in [0.1, 0.15) is 52.0 Å². The number of aliphatic carboxylic acids is 1. The number of para-hydroxylation sites is 1. The normalized spacial score (nSPS) is 23.6. The average Bonchev–Trinajstić information content (AvgIpc) is 3.27. The van der Waals surface area contributed by atoms with Crippen molar-refractivity contribution < 1.29 is 18.7 Å². The fourth-order valence-corrected chi connectivity index (χ4v) is 6.50. The van der Waals surface area contributed by atoms with E-state index in [-0.39, 0.29) is 28.8 Å². The number of carbonyl (C=O) groups is 1. The number of carboxylic acid groups (broad SMARTS) is 1. The van der Waals surface area contributed by atoms with Crippen LogP contribution >= 0.6 is 0 Å². The van der Waals surface area contributed by atoms with Gasteiger partial charge in [-0.25, -0.2) is 18.7 Å². The quantitative estimate of drug-likeness (QED) is 0.289. The number of nitrogens with one attached hydrogen (secondary N) is 2. The maximum atomic E-state index is 14.5. The lowest BCUT2D eigenvalue weighted by molar-refractivity contribution is -0.148. The number of fused-ring (bicyclic) bond motifs is 5. The maximum Gasteiger partial charge on any atom is 0.308 e. The Bertz CT molecular complexity index is 1530. The summed E-state index contributed by atoms with van der Waals surface area (Å²) in [5, 5.41) is 14.8. The predicted molar refractivity (Wildman–Crippen MR) is 139 cm³/mol. The van der Waals surface area contributed by atoms with E-state index in [0.29, 0.717) is 22.6 Å². The minimum atomic E-state index is -0.775. The van der Waals surface area contributed by atoms with Gasteiger partial charge in [-0.1, -0.05) is 32.9 Å². The van der Waals surface area contributed by atoms with Crippen molar-refractivity contribution in [2.75, 3.05) is 5.32 Å². The van der Waals surface area contributed by atoms with Gasteiger partial charge in [0.05, 0.1) is 17.0 Å². The van der Waals surface area contributed by atoms with Gasteiger partial charge in [0, 0.05) is 34.6 Å². The monoisotopic (exact) mass is 504 g/mol. The van der Waals surface area contributed by atoms with Gasteiger partial charge in [-0.15, -0.1) is 0 Å². The third-order valence-electron chi connectivity index (χ3n) is 8.29. The lowest BCUT2D eigenvalue weighted by Crippen LogP contribution is -2.51. The topological polar surface area (TPSA) is 90.9 Å². The van der Waals surface area contributed by atoms with Crippen molar-refractivity contribution in [1.29, 1.82) is 0 Å². The molecule has 0 radical (unpaired) electrons. The molecule has 8 heteroatoms. The number of nitrogens with zero attached hydrogens (tertiary/aromatic N) is 2. The van der Waals surface area contributed by atoms with E-state index < -0.39 is 23.5 Å². The van der Waals surface area contributed by atoms with Gasteiger partial charge >= 0.3 is 5.97 Å². The first-order chi connectivity index (χ1) is 17.6. The summed E-state index contributed by atoms with van der Waals surface area (Å²) < 4.78 is 28.6. The van der Waals surface area contributed by atoms with E-state index in [1.54, 1.807) is 6.20 Å². The SMILES string of the molecule is CC(C)(C)c1cccc2c(NC3C4CCC(CC4)C3C(=O)O)nc(-c3c[nH]c4c(F)cc(F)cc34)nc12. The van der Waals surface area contributed by atoms with Gasteiger partial charge in [-0.05, 0) is 60.6 Å². The van der Waals surface area contributed by atoms with Gasteiger partial charge in [-0.2, -0.15) is 0 Å². The van der Waals surface area contributed by atoms with Crippen molar-refractivity contribution >= 4 is 33.6 Å². The van der Waals surface area contributed by atoms with Crippen LogP contribution in [0.4, 0.5) is 14.6 Å². The largest absolute Gasteiger partial charge is 0.481 e. The first-order valence-corrected chi connectivity index (χ1v) is 12.9. The van der Waals surface area contributed by atoms with E-state index >= 15 is 0 Å². The molecule has 37 heavy (non-hydrogen) atoms. The number of H-pyrrole nitrogens is 1. The van der Waals surface area contributed by atoms with Crippen LogP contribution in [0, 0.1) is 29.4 Å². The van der Waals surface area contributed by atoms with Crippen molar-refractivity contribution in [3.05, 3.63) is 53.7 Å². The fraction of sp³-hybridized carbons (Fsp3) is 0.414. The molecular weight excluding hydrogens is 474 g/mol. The molecule has 192 valence electrons. The van der Waals surface area contributed by atoms with Gasteiger partial charge in [0.15, 0.2) is 5.82 Å². The smallest absolute Gasteiger partial charge is 0.308 e. The zero-order valence-electron chi connectivity index (χ0n) is 21.1. The minimum absolute atomic E-state index is 0.150. The standard InChI is InChI=1S/C29H30F2N4O2/c1-29(2,3)20-6-4-5-17-24(20)34-27(19-13-32-25-18(19)11-16(30)12-21(25)31)35-26(17)33-23-15-9-7-14(8-10-15)22(23)28(36)37/h4-6,11-15,22-23,32H,7-10H2,1-3H3,(H,36,37)(H,33,34,35). The molecule has 3 aliphatic rings. The fourth-order valence-electron chi connectivity index (χ4n) is 6.50. The summed E-state index contributed by atoms with van der Waals surface area (Å²) in [6.07, 6.45) is 5.47. The number of hydrogen-bond acceptors (Lipinski definition) is 4. The first-order valence-electron chi connectivity index (χ1n) is 12.9. The molecular formula is C29H30F2N4O2. The Kier molecular flexibility index (Phi) is 5.47. The maximum absolute atomic E-state index is 14.5. The Morgan fingerprint density at radius 3 is 2.49 bits per heavy atom. The predicted octanol–water partition coefficient (Wildman–Crippen LogP) is 6.66. The highest BCUT2D eigenvalue weighted by Gasteiger charge is 2.47. The first kappa shape index (κ1) is 23.8. The molecule has 2 aromatic carbocycles. The summed E-state index contributed by atoms with van der Waals surface area (Å²) in [6, 6.07) is 7.82. The highest BCUT2D eigenvalue weighted by molar-refractivity contribution is 5.98. The molecule has 7 rings (SSSR count). The molecule has 0 spiro atoms. The molecule has 2 aromatic heterocycles. The highest BCUT2D eigenvalue weighted by atomic mass is 19.1. The van der Waals surface area contributed by atoms with Crippen molar-refractivity contribution in [2.45, 2.75) is 57.9 Å². The van der Waals surface area contributed by atoms with Crippen LogP contribution in [0.15, 0.2) is 36.5 Å². The molecule has 0 saturated heterocycles. The molecule has 6 nitrogen and oxygen atoms in total. The molecule has 2 heterocycles. The molecule has 3 fully saturated rings. The van der Waals surface area contributed by atoms with Crippen molar-refractivity contribution in [2.24, 2.45) is 17.8 Å². The van der Waals surface area contributed by atoms with Crippen LogP contribution in [0.2, 0.25) is 0 Å². The second-order valence-electron chi connectivity index (χ2n) is 11.6. The molecule has 2 unspecified atom stereocenters. The van der Waals surface area contributed by atoms with Crippen LogP contribution < -0.4 is 5.32 Å². The summed E-state index contributed by atoms with van der Waals surface area (Å²) >= 11 is 0. The average molecular weight is 505 g/mol. The zero-order valence-corrected chi connectivity index (χ0v) is 21.1. The van der Waals surface area contributed by atoms with Crippen LogP contribution in [0.3, 0.4) is 0 Å². The molecule has 2 atom stereocenters. The molecule has 2 bridgehead atoms. The van der Waals surface area contributed by atoms with Gasteiger partial charge in [0.25, 0.3) is 0 Å². The molecule has 0 aliphatic heterocycles. The van der Waals surface area contributed by atoms with E-state index in [4.69, 9.17) is 9.97 Å². The minimum Gasteiger partial charge on any atom is -0.481 e. The Morgan fingerprint density at radius 2 is 1.78 bits per heavy atom. The summed E-state index contributed by atoms with van der Waals surface area (Å²) in [5.41, 5.74) is 2.20. The number of aromatic amines is 1. The summed E-state index contributed by atoms with van der Waals surface area (Å²) in [4.78, 5) is 25.0. The number of benzene rings is 2. The van der Waals surface area contributed by atoms with Crippen molar-refractivity contribution in [3.8, 4) is 11.4 Å². The molecule has 3 saturated carbocycles. The summed E-state index contributed by atoms with van der Waals surface area (Å²) in [7, 11) is 0. The van der Waals surface area contributed by atoms with Gasteiger partial charge in [0.1, 0.15) is 17.5 Å². The second-order valence-corrected chi connectivity index (χ2v) is 11.6. The molecule has 3 aliphatic carbocycles. The zero-order chi connectivity index (χ0) is 26.1. The highest BCUT2D eigenvalue weighted by Crippen LogP contribution is 2.47. The molecule has 4 aromatic rings. The third kappa shape index (κ3) is 3.93. The van der Waals surface area contributed by atoms with Gasteiger partial charge < -0.3 is 15.4 Å². The van der Waals surface area contributed by atoms with E-state index in [2.05, 4.69) is 31.1 Å². The number of anilines is 1. The Hall–Kier alpha value is -3.55. The Balaban J connectivity index is 1.57. The number of hydrogen-bond donors (Lipinski definition) is 3. The molecule has 3 N–H and O–H groups in total. The van der Waals surface area contributed by atoms with Crippen LogP contribution in [-0.2, 0) is 10.2 Å². The third-order valence-corrected chi connectivity index (χ3v) is 8.29. The summed E-state index contributed by atoms with van der Waals surface area (Å²) in [6.45, 7) is 6.31. The van der Waals surface area contributed by atoms with Crippen LogP contribution in [0.5, 0.6) is 0 Å². The lowest BCUT2D eigenvalue weighted by atomic mass is 9.61. The number of halogens is 2. The van der Waals surface area contributed by atoms with E-state index in [9.17, 15) is 18.7 Å². The number of aromatic nitrogens is 3. The Morgan fingerprint density at radius 1 is 1.05 bits per heavy atom. The number of rotatable bonds is 4. The lowest BCUT2D eigenvalue weighted by Gasteiger charge is -2.47. The van der Waals surface area contributed by atoms with Crippen LogP contribution in [-0.4, -0.2) is 32.1 Å². The van der Waals surface area contributed by atoms with E-state index in [0.717, 1.165) is 48.2 Å². The van der Waals surface area contributed by atoms with Crippen molar-refractivity contribution in [3.63, 3.8) is 0 Å². The molecule has 0 amide bonds. The van der Waals surface area contributed by atoms with E-state index in [1.807, 2.05) is 18.2 Å². The van der Waals surface area contributed by atoms with E-state index in [1.165, 1.54) is 6.07 Å². The second kappa shape index (κ2) is 8.50. The Labute approximate surface area is 213 Å².